The average molecular weight is 266 g/mol. The van der Waals surface area contributed by atoms with Crippen LogP contribution in [0.25, 0.3) is 0 Å². The molecule has 0 aromatic carbocycles. The van der Waals surface area contributed by atoms with Gasteiger partial charge in [-0.2, -0.15) is 0 Å². The van der Waals surface area contributed by atoms with E-state index in [-0.39, 0.29) is 0 Å². The van der Waals surface area contributed by atoms with E-state index in [1.165, 1.54) is 25.7 Å². The Balaban J connectivity index is 2.70. The molecule has 0 amide bonds. The van der Waals surface area contributed by atoms with Crippen LogP contribution >= 0.6 is 0 Å². The molecule has 0 spiro atoms. The summed E-state index contributed by atoms with van der Waals surface area (Å²) in [7, 11) is 0. The lowest BCUT2D eigenvalue weighted by Crippen LogP contribution is -2.33. The van der Waals surface area contributed by atoms with E-state index in [1.807, 2.05) is 0 Å². The molecule has 0 aliphatic heterocycles. The summed E-state index contributed by atoms with van der Waals surface area (Å²) < 4.78 is 0. The van der Waals surface area contributed by atoms with Crippen molar-refractivity contribution in [2.75, 3.05) is 0 Å². The summed E-state index contributed by atoms with van der Waals surface area (Å²) in [5.41, 5.74) is 0.643. The number of hydrogen-bond donors (Lipinski definition) is 0. The maximum atomic E-state index is 12.2. The molecule has 1 aliphatic carbocycles. The third-order valence-electron chi connectivity index (χ3n) is 4.71. The molecular weight excluding hydrogens is 232 g/mol. The van der Waals surface area contributed by atoms with Crippen molar-refractivity contribution in [3.05, 3.63) is 0 Å². The molecule has 1 fully saturated rings. The average Bonchev–Trinajstić information content (AvgIpc) is 2.58. The zero-order valence-electron chi connectivity index (χ0n) is 14.0. The molecule has 0 saturated heterocycles. The first-order valence-corrected chi connectivity index (χ1v) is 8.20. The van der Waals surface area contributed by atoms with Gasteiger partial charge in [-0.1, -0.05) is 60.8 Å². The monoisotopic (exact) mass is 266 g/mol. The summed E-state index contributed by atoms with van der Waals surface area (Å²) in [6.45, 7) is 14.0. The van der Waals surface area contributed by atoms with Crippen molar-refractivity contribution < 1.29 is 4.79 Å². The number of carbonyl (C=O) groups excluding carboxylic acids is 1. The standard InChI is InChI=1S/C18H34O/c1-7-8-9-10-14-15(11-12-16(14)19)18(5,6)13-17(2,3)4/h14-15H,7-13H2,1-6H3. The van der Waals surface area contributed by atoms with Crippen LogP contribution in [-0.2, 0) is 4.79 Å². The topological polar surface area (TPSA) is 17.1 Å². The number of unbranched alkanes of at least 4 members (excludes halogenated alkanes) is 2. The zero-order chi connectivity index (χ0) is 14.7. The van der Waals surface area contributed by atoms with E-state index in [9.17, 15) is 4.79 Å². The number of carbonyl (C=O) groups is 1. The molecule has 19 heavy (non-hydrogen) atoms. The third-order valence-corrected chi connectivity index (χ3v) is 4.71. The molecule has 112 valence electrons. The molecule has 2 atom stereocenters. The fourth-order valence-corrected chi connectivity index (χ4v) is 4.32. The third kappa shape index (κ3) is 4.93. The fourth-order valence-electron chi connectivity index (χ4n) is 4.32. The summed E-state index contributed by atoms with van der Waals surface area (Å²) in [6.07, 6.45) is 8.04. The van der Waals surface area contributed by atoms with Crippen LogP contribution in [0.5, 0.6) is 0 Å². The first-order chi connectivity index (χ1) is 8.67. The largest absolute Gasteiger partial charge is 0.299 e. The van der Waals surface area contributed by atoms with Gasteiger partial charge in [0.15, 0.2) is 0 Å². The Morgan fingerprint density at radius 1 is 1.11 bits per heavy atom. The molecule has 1 rings (SSSR count). The Kier molecular flexibility index (Phi) is 5.65. The number of ketones is 1. The quantitative estimate of drug-likeness (QED) is 0.570. The normalized spacial score (nSPS) is 25.1. The van der Waals surface area contributed by atoms with Gasteiger partial charge >= 0.3 is 0 Å². The van der Waals surface area contributed by atoms with Crippen molar-refractivity contribution in [1.82, 2.24) is 0 Å². The van der Waals surface area contributed by atoms with Gasteiger partial charge in [0.25, 0.3) is 0 Å². The Hall–Kier alpha value is -0.330. The maximum absolute atomic E-state index is 12.2. The van der Waals surface area contributed by atoms with Crippen LogP contribution in [0.3, 0.4) is 0 Å². The highest BCUT2D eigenvalue weighted by molar-refractivity contribution is 5.83. The lowest BCUT2D eigenvalue weighted by atomic mass is 9.65. The van der Waals surface area contributed by atoms with Gasteiger partial charge in [0.2, 0.25) is 0 Å². The van der Waals surface area contributed by atoms with Gasteiger partial charge in [-0.25, -0.2) is 0 Å². The van der Waals surface area contributed by atoms with E-state index in [4.69, 9.17) is 0 Å². The second-order valence-corrected chi connectivity index (χ2v) is 8.44. The number of rotatable bonds is 6. The van der Waals surface area contributed by atoms with Crippen LogP contribution in [0, 0.1) is 22.7 Å². The highest BCUT2D eigenvalue weighted by Gasteiger charge is 2.44. The van der Waals surface area contributed by atoms with Crippen molar-refractivity contribution in [2.45, 2.75) is 86.5 Å². The lowest BCUT2D eigenvalue weighted by molar-refractivity contribution is -0.122. The van der Waals surface area contributed by atoms with Gasteiger partial charge in [-0.15, -0.1) is 0 Å². The highest BCUT2D eigenvalue weighted by atomic mass is 16.1. The van der Waals surface area contributed by atoms with Gasteiger partial charge in [-0.05, 0) is 36.0 Å². The predicted molar refractivity (Wildman–Crippen MR) is 83.2 cm³/mol. The molecule has 1 aliphatic rings. The van der Waals surface area contributed by atoms with E-state index < -0.39 is 0 Å². The van der Waals surface area contributed by atoms with Crippen LogP contribution in [-0.4, -0.2) is 5.78 Å². The summed E-state index contributed by atoms with van der Waals surface area (Å²) >= 11 is 0. The number of hydrogen-bond acceptors (Lipinski definition) is 1. The molecule has 0 aromatic heterocycles. The van der Waals surface area contributed by atoms with E-state index in [0.29, 0.717) is 28.4 Å². The minimum Gasteiger partial charge on any atom is -0.299 e. The van der Waals surface area contributed by atoms with Crippen LogP contribution < -0.4 is 0 Å². The summed E-state index contributed by atoms with van der Waals surface area (Å²) in [5, 5.41) is 0. The van der Waals surface area contributed by atoms with E-state index in [0.717, 1.165) is 19.3 Å². The van der Waals surface area contributed by atoms with Crippen molar-refractivity contribution >= 4 is 5.78 Å². The Labute approximate surface area is 120 Å². The molecule has 2 unspecified atom stereocenters. The van der Waals surface area contributed by atoms with Gasteiger partial charge < -0.3 is 0 Å². The summed E-state index contributed by atoms with van der Waals surface area (Å²) in [4.78, 5) is 12.2. The first kappa shape index (κ1) is 16.7. The van der Waals surface area contributed by atoms with E-state index >= 15 is 0 Å². The molecular formula is C18H34O. The van der Waals surface area contributed by atoms with Gasteiger partial charge in [0.05, 0.1) is 0 Å². The number of Topliss-reactive ketones (excluding diaryl/α,β-unsaturated/α-hetero) is 1. The van der Waals surface area contributed by atoms with Gasteiger partial charge in [0, 0.05) is 12.3 Å². The van der Waals surface area contributed by atoms with Gasteiger partial charge in [-0.3, -0.25) is 4.79 Å². The molecule has 0 bridgehead atoms. The Morgan fingerprint density at radius 3 is 2.26 bits per heavy atom. The Morgan fingerprint density at radius 2 is 1.74 bits per heavy atom. The smallest absolute Gasteiger partial charge is 0.136 e. The van der Waals surface area contributed by atoms with Gasteiger partial charge in [0.1, 0.15) is 5.78 Å². The fraction of sp³-hybridized carbons (Fsp3) is 0.944. The molecule has 0 aromatic rings. The first-order valence-electron chi connectivity index (χ1n) is 8.20. The highest BCUT2D eigenvalue weighted by Crippen LogP contribution is 2.49. The SMILES string of the molecule is CCCCCC1C(=O)CCC1C(C)(C)CC(C)(C)C. The molecule has 1 nitrogen and oxygen atoms in total. The second-order valence-electron chi connectivity index (χ2n) is 8.44. The van der Waals surface area contributed by atoms with Crippen molar-refractivity contribution in [1.29, 1.82) is 0 Å². The summed E-state index contributed by atoms with van der Waals surface area (Å²) in [6, 6.07) is 0. The molecule has 1 saturated carbocycles. The van der Waals surface area contributed by atoms with Crippen LogP contribution in [0.2, 0.25) is 0 Å². The zero-order valence-corrected chi connectivity index (χ0v) is 14.0. The summed E-state index contributed by atoms with van der Waals surface area (Å²) in [5.74, 6) is 1.50. The predicted octanol–water partition coefficient (Wildman–Crippen LogP) is 5.62. The van der Waals surface area contributed by atoms with E-state index in [1.54, 1.807) is 0 Å². The van der Waals surface area contributed by atoms with Crippen LogP contribution in [0.1, 0.15) is 86.5 Å². The molecule has 1 heteroatoms. The second kappa shape index (κ2) is 6.41. The molecule has 0 heterocycles. The minimum absolute atomic E-state index is 0.293. The van der Waals surface area contributed by atoms with Crippen molar-refractivity contribution in [3.63, 3.8) is 0 Å². The maximum Gasteiger partial charge on any atom is 0.136 e. The van der Waals surface area contributed by atoms with Crippen molar-refractivity contribution in [3.8, 4) is 0 Å². The molecule has 0 N–H and O–H groups in total. The Bertz CT molecular complexity index is 295. The van der Waals surface area contributed by atoms with Crippen LogP contribution in [0.4, 0.5) is 0 Å². The minimum atomic E-state index is 0.293. The lowest BCUT2D eigenvalue weighted by Gasteiger charge is -2.40. The molecule has 0 radical (unpaired) electrons. The van der Waals surface area contributed by atoms with Crippen LogP contribution in [0.15, 0.2) is 0 Å². The van der Waals surface area contributed by atoms with Crippen molar-refractivity contribution in [2.24, 2.45) is 22.7 Å². The van der Waals surface area contributed by atoms with E-state index in [2.05, 4.69) is 41.5 Å².